The van der Waals surface area contributed by atoms with Gasteiger partial charge in [0.2, 0.25) is 11.8 Å². The molecule has 176 valence electrons. The molecule has 0 amide bonds. The van der Waals surface area contributed by atoms with Crippen LogP contribution in [0.4, 0.5) is 5.95 Å². The molecular formula is C22H31N9O2. The topological polar surface area (TPSA) is 148 Å². The molecule has 11 nitrogen and oxygen atoms in total. The maximum atomic E-state index is 11.5. The first-order valence-corrected chi connectivity index (χ1v) is 11.8. The van der Waals surface area contributed by atoms with E-state index in [0.29, 0.717) is 40.4 Å². The molecule has 0 aromatic carbocycles. The Kier molecular flexibility index (Phi) is 5.88. The summed E-state index contributed by atoms with van der Waals surface area (Å²) in [5, 5.41) is 22.2. The molecule has 11 heteroatoms. The van der Waals surface area contributed by atoms with E-state index in [1.54, 1.807) is 16.8 Å². The van der Waals surface area contributed by atoms with Crippen LogP contribution < -0.4 is 27.2 Å². The van der Waals surface area contributed by atoms with Crippen molar-refractivity contribution in [1.29, 1.82) is 0 Å². The van der Waals surface area contributed by atoms with Gasteiger partial charge in [-0.1, -0.05) is 13.8 Å². The zero-order valence-electron chi connectivity index (χ0n) is 19.0. The number of aromatic amines is 2. The van der Waals surface area contributed by atoms with E-state index in [2.05, 4.69) is 44.5 Å². The molecule has 2 fully saturated rings. The molecule has 2 saturated carbocycles. The van der Waals surface area contributed by atoms with Crippen molar-refractivity contribution in [2.24, 2.45) is 10.9 Å². The van der Waals surface area contributed by atoms with Gasteiger partial charge in [-0.2, -0.15) is 19.6 Å². The molecule has 0 bridgehead atoms. The highest BCUT2D eigenvalue weighted by Gasteiger charge is 2.23. The smallest absolute Gasteiger partial charge is 0.326 e. The molecular weight excluding hydrogens is 422 g/mol. The normalized spacial score (nSPS) is 22.5. The number of fused-ring (bicyclic) bond motifs is 1. The van der Waals surface area contributed by atoms with Gasteiger partial charge in [0.05, 0.1) is 12.2 Å². The number of imidazole rings is 1. The average molecular weight is 454 g/mol. The van der Waals surface area contributed by atoms with Crippen LogP contribution in [0.25, 0.3) is 11.7 Å². The van der Waals surface area contributed by atoms with E-state index >= 15 is 0 Å². The van der Waals surface area contributed by atoms with E-state index in [1.807, 2.05) is 0 Å². The quantitative estimate of drug-likeness (QED) is 0.348. The molecule has 0 radical (unpaired) electrons. The number of H-pyrrole nitrogens is 2. The summed E-state index contributed by atoms with van der Waals surface area (Å²) in [4.78, 5) is 30.5. The molecule has 33 heavy (non-hydrogen) atoms. The minimum atomic E-state index is -0.477. The third-order valence-electron chi connectivity index (χ3n) is 6.13. The molecule has 5 N–H and O–H groups in total. The van der Waals surface area contributed by atoms with Gasteiger partial charge in [-0.05, 0) is 57.1 Å². The third kappa shape index (κ3) is 5.08. The number of hydrogen-bond donors (Lipinski definition) is 5. The number of nitrogens with one attached hydrogen (secondary N) is 4. The predicted octanol–water partition coefficient (Wildman–Crippen LogP) is 0.426. The summed E-state index contributed by atoms with van der Waals surface area (Å²) in [5.74, 6) is 0.960. The van der Waals surface area contributed by atoms with Crippen molar-refractivity contribution in [1.82, 2.24) is 34.9 Å². The summed E-state index contributed by atoms with van der Waals surface area (Å²) in [6, 6.07) is 1.15. The van der Waals surface area contributed by atoms with Crippen molar-refractivity contribution in [2.45, 2.75) is 70.5 Å². The largest absolute Gasteiger partial charge is 0.493 e. The van der Waals surface area contributed by atoms with Crippen LogP contribution in [0.2, 0.25) is 0 Å². The fourth-order valence-corrected chi connectivity index (χ4v) is 4.17. The Hall–Kier alpha value is -3.21. The Morgan fingerprint density at radius 2 is 1.94 bits per heavy atom. The fraction of sp³-hybridized carbons (Fsp3) is 0.591. The minimum absolute atomic E-state index is 0.225. The van der Waals surface area contributed by atoms with Gasteiger partial charge in [-0.15, -0.1) is 0 Å². The SMILES string of the molecule is CC(C)CNC1CCC(Nc2nc(=NC3CC3)n3nc/c(=C/c4[nH]c(=O)[nH]c4O)c3n2)CC1. The molecule has 3 aromatic heterocycles. The van der Waals surface area contributed by atoms with Gasteiger partial charge in [0.1, 0.15) is 5.69 Å². The van der Waals surface area contributed by atoms with Gasteiger partial charge in [-0.3, -0.25) is 4.98 Å². The Labute approximate surface area is 190 Å². The number of anilines is 1. The van der Waals surface area contributed by atoms with Gasteiger partial charge in [0.25, 0.3) is 5.62 Å². The van der Waals surface area contributed by atoms with Crippen LogP contribution in [0.5, 0.6) is 5.88 Å². The van der Waals surface area contributed by atoms with Crippen molar-refractivity contribution in [3.63, 3.8) is 0 Å². The number of aromatic nitrogens is 6. The summed E-state index contributed by atoms with van der Waals surface area (Å²) in [7, 11) is 0. The van der Waals surface area contributed by atoms with Crippen LogP contribution in [-0.2, 0) is 0 Å². The molecule has 2 aliphatic rings. The second kappa shape index (κ2) is 8.97. The van der Waals surface area contributed by atoms with E-state index in [-0.39, 0.29) is 17.6 Å². The second-order valence-electron chi connectivity index (χ2n) is 9.52. The number of nitrogens with zero attached hydrogens (tertiary/aromatic N) is 5. The summed E-state index contributed by atoms with van der Waals surface area (Å²) < 4.78 is 1.61. The average Bonchev–Trinajstić information content (AvgIpc) is 3.42. The first-order valence-electron chi connectivity index (χ1n) is 11.8. The van der Waals surface area contributed by atoms with Crippen LogP contribution in [0.15, 0.2) is 16.0 Å². The van der Waals surface area contributed by atoms with Crippen LogP contribution in [0.3, 0.4) is 0 Å². The van der Waals surface area contributed by atoms with E-state index < -0.39 is 5.69 Å². The lowest BCUT2D eigenvalue weighted by Gasteiger charge is -2.30. The summed E-state index contributed by atoms with van der Waals surface area (Å²) >= 11 is 0. The zero-order valence-corrected chi connectivity index (χ0v) is 19.0. The van der Waals surface area contributed by atoms with E-state index in [4.69, 9.17) is 9.98 Å². The Morgan fingerprint density at radius 1 is 1.18 bits per heavy atom. The lowest BCUT2D eigenvalue weighted by atomic mass is 9.91. The van der Waals surface area contributed by atoms with Crippen LogP contribution >= 0.6 is 0 Å². The monoisotopic (exact) mass is 453 g/mol. The van der Waals surface area contributed by atoms with E-state index in [1.165, 1.54) is 0 Å². The molecule has 0 saturated heterocycles. The Balaban J connectivity index is 1.42. The predicted molar refractivity (Wildman–Crippen MR) is 124 cm³/mol. The Morgan fingerprint density at radius 3 is 2.61 bits per heavy atom. The van der Waals surface area contributed by atoms with Crippen molar-refractivity contribution >= 4 is 17.7 Å². The van der Waals surface area contributed by atoms with Gasteiger partial charge in [0, 0.05) is 17.3 Å². The molecule has 0 aliphatic heterocycles. The zero-order chi connectivity index (χ0) is 22.9. The summed E-state index contributed by atoms with van der Waals surface area (Å²) in [6.07, 6.45) is 9.73. The number of aromatic hydroxyl groups is 1. The minimum Gasteiger partial charge on any atom is -0.493 e. The Bertz CT molecular complexity index is 1290. The number of rotatable bonds is 7. The molecule has 0 atom stereocenters. The first kappa shape index (κ1) is 21.6. The lowest BCUT2D eigenvalue weighted by Crippen LogP contribution is -2.39. The maximum absolute atomic E-state index is 11.5. The van der Waals surface area contributed by atoms with Crippen LogP contribution in [0.1, 0.15) is 58.1 Å². The van der Waals surface area contributed by atoms with Gasteiger partial charge < -0.3 is 20.7 Å². The van der Waals surface area contributed by atoms with Crippen molar-refractivity contribution in [3.05, 3.63) is 33.2 Å². The number of hydrogen-bond acceptors (Lipinski definition) is 8. The van der Waals surface area contributed by atoms with Crippen molar-refractivity contribution in [3.8, 4) is 5.88 Å². The molecule has 0 unspecified atom stereocenters. The van der Waals surface area contributed by atoms with Crippen molar-refractivity contribution < 1.29 is 5.11 Å². The highest BCUT2D eigenvalue weighted by molar-refractivity contribution is 5.57. The first-order chi connectivity index (χ1) is 15.9. The molecule has 2 aliphatic carbocycles. The van der Waals surface area contributed by atoms with Gasteiger partial charge >= 0.3 is 5.69 Å². The lowest BCUT2D eigenvalue weighted by molar-refractivity contribution is 0.341. The highest BCUT2D eigenvalue weighted by Crippen LogP contribution is 2.23. The highest BCUT2D eigenvalue weighted by atomic mass is 16.3. The molecule has 5 rings (SSSR count). The molecule has 3 heterocycles. The van der Waals surface area contributed by atoms with Crippen LogP contribution in [-0.4, -0.2) is 59.3 Å². The second-order valence-corrected chi connectivity index (χ2v) is 9.52. The van der Waals surface area contributed by atoms with E-state index in [0.717, 1.165) is 45.1 Å². The molecule has 3 aromatic rings. The summed E-state index contributed by atoms with van der Waals surface area (Å²) in [5.41, 5.74) is 0.885. The van der Waals surface area contributed by atoms with Crippen molar-refractivity contribution in [2.75, 3.05) is 11.9 Å². The van der Waals surface area contributed by atoms with Gasteiger partial charge in [-0.25, -0.2) is 9.79 Å². The standard InChI is InChI=1S/C22H31N9O2/c1-12(2)10-23-14-3-5-15(6-4-14)25-20-28-18-13(9-17-19(32)29-22(33)27-17)11-24-31(18)21(30-20)26-16-7-8-16/h9,11-12,14-16,23,32H,3-8,10H2,1-2H3,(H,25,26,30)(H2,27,29,33)/b13-9-. The third-order valence-corrected chi connectivity index (χ3v) is 6.13. The molecule has 0 spiro atoms. The maximum Gasteiger partial charge on any atom is 0.326 e. The summed E-state index contributed by atoms with van der Waals surface area (Å²) in [6.45, 7) is 5.52. The van der Waals surface area contributed by atoms with Gasteiger partial charge in [0.15, 0.2) is 5.65 Å². The van der Waals surface area contributed by atoms with E-state index in [9.17, 15) is 9.90 Å². The van der Waals surface area contributed by atoms with Crippen LogP contribution in [0, 0.1) is 5.92 Å². The fourth-order valence-electron chi connectivity index (χ4n) is 4.17.